The van der Waals surface area contributed by atoms with Gasteiger partial charge in [-0.2, -0.15) is 11.8 Å². The second kappa shape index (κ2) is 19.6. The first-order chi connectivity index (χ1) is 8.42. The Morgan fingerprint density at radius 3 is 1.11 bits per heavy atom. The highest BCUT2D eigenvalue weighted by molar-refractivity contribution is 7.99. The van der Waals surface area contributed by atoms with Gasteiger partial charge in [0, 0.05) is 19.5 Å². The first-order valence-corrected chi connectivity index (χ1v) is 8.30. The van der Waals surface area contributed by atoms with Gasteiger partial charge in [0.2, 0.25) is 0 Å². The van der Waals surface area contributed by atoms with Crippen LogP contribution in [0.25, 0.3) is 0 Å². The first-order valence-electron chi connectivity index (χ1n) is 7.01. The molecule has 3 unspecified atom stereocenters. The van der Waals surface area contributed by atoms with E-state index in [-0.39, 0.29) is 0 Å². The maximum Gasteiger partial charge on any atom is 0.0540 e. The van der Waals surface area contributed by atoms with Crippen LogP contribution in [0.5, 0.6) is 0 Å². The highest BCUT2D eigenvalue weighted by Crippen LogP contribution is 2.06. The lowest BCUT2D eigenvalue weighted by molar-refractivity contribution is 0.115. The molecule has 0 heterocycles. The van der Waals surface area contributed by atoms with Crippen LogP contribution >= 0.6 is 11.8 Å². The van der Waals surface area contributed by atoms with E-state index >= 15 is 0 Å². The van der Waals surface area contributed by atoms with E-state index in [0.29, 0.717) is 12.2 Å². The van der Waals surface area contributed by atoms with Gasteiger partial charge in [0.1, 0.15) is 0 Å². The second-order valence-electron chi connectivity index (χ2n) is 4.36. The van der Waals surface area contributed by atoms with Crippen molar-refractivity contribution in [3.63, 3.8) is 0 Å². The molecular weight excluding hydrogens is 244 g/mol. The first kappa shape index (κ1) is 23.4. The number of hydrogen-bond donors (Lipinski definition) is 0. The van der Waals surface area contributed by atoms with Crippen LogP contribution in [0, 0.1) is 0 Å². The molecule has 3 atom stereocenters. The fraction of sp³-hybridized carbons (Fsp3) is 1.00. The molecule has 0 spiro atoms. The lowest BCUT2D eigenvalue weighted by Gasteiger charge is -2.01. The average molecular weight is 281 g/mol. The zero-order valence-electron chi connectivity index (χ0n) is 14.1. The fourth-order valence-electron chi connectivity index (χ4n) is 0.500. The van der Waals surface area contributed by atoms with Crippen molar-refractivity contribution in [2.45, 2.75) is 78.3 Å². The molecule has 0 aromatic carbocycles. The van der Waals surface area contributed by atoms with E-state index in [2.05, 4.69) is 47.8 Å². The summed E-state index contributed by atoms with van der Waals surface area (Å²) in [5.41, 5.74) is 0. The molecule has 0 saturated heterocycles. The summed E-state index contributed by atoms with van der Waals surface area (Å²) in [5, 5.41) is 0.852. The standard InChI is InChI=1S/2C5H12O.C5H12S/c3*1-4-5(2)6-3/h3*5H,4H2,1-3H3. The Bertz CT molecular complexity index is 95.9. The molecule has 0 aliphatic heterocycles. The molecule has 0 fully saturated rings. The third kappa shape index (κ3) is 25.2. The molecule has 0 radical (unpaired) electrons. The average Bonchev–Trinajstić information content (AvgIpc) is 2.45. The minimum atomic E-state index is 0.435. The van der Waals surface area contributed by atoms with E-state index in [1.54, 1.807) is 14.2 Å². The normalized spacial score (nSPS) is 14.5. The SMILES string of the molecule is CCC(C)OC.CCC(C)OC.CCC(C)SC. The number of thioether (sulfide) groups is 1. The van der Waals surface area contributed by atoms with Crippen molar-refractivity contribution in [3.05, 3.63) is 0 Å². The maximum absolute atomic E-state index is 4.90. The van der Waals surface area contributed by atoms with Crippen LogP contribution in [0.1, 0.15) is 60.8 Å². The molecule has 2 nitrogen and oxygen atoms in total. The smallest absolute Gasteiger partial charge is 0.0540 e. The van der Waals surface area contributed by atoms with E-state index in [0.717, 1.165) is 18.1 Å². The Labute approximate surface area is 120 Å². The lowest BCUT2D eigenvalue weighted by atomic mass is 10.3. The Morgan fingerprint density at radius 1 is 0.778 bits per heavy atom. The summed E-state index contributed by atoms with van der Waals surface area (Å²) in [6.07, 6.45) is 6.53. The summed E-state index contributed by atoms with van der Waals surface area (Å²) in [4.78, 5) is 0. The molecule has 0 aliphatic rings. The number of ether oxygens (including phenoxy) is 2. The number of rotatable bonds is 6. The zero-order chi connectivity index (χ0) is 15.0. The molecule has 0 saturated carbocycles. The van der Waals surface area contributed by atoms with Gasteiger partial charge in [0.25, 0.3) is 0 Å². The van der Waals surface area contributed by atoms with Gasteiger partial charge in [-0.15, -0.1) is 0 Å². The predicted octanol–water partition coefficient (Wildman–Crippen LogP) is 5.01. The topological polar surface area (TPSA) is 18.5 Å². The van der Waals surface area contributed by atoms with Crippen LogP contribution in [0.4, 0.5) is 0 Å². The highest BCUT2D eigenvalue weighted by Gasteiger charge is 1.89. The van der Waals surface area contributed by atoms with E-state index in [4.69, 9.17) is 9.47 Å². The largest absolute Gasteiger partial charge is 0.382 e. The van der Waals surface area contributed by atoms with Crippen molar-refractivity contribution in [2.24, 2.45) is 0 Å². The van der Waals surface area contributed by atoms with Crippen LogP contribution in [-0.4, -0.2) is 37.9 Å². The van der Waals surface area contributed by atoms with Crippen LogP contribution in [0.3, 0.4) is 0 Å². The Balaban J connectivity index is -0.000000187. The summed E-state index contributed by atoms with van der Waals surface area (Å²) in [6, 6.07) is 0. The monoisotopic (exact) mass is 280 g/mol. The molecule has 18 heavy (non-hydrogen) atoms. The molecule has 0 bridgehead atoms. The molecule has 0 aromatic rings. The Kier molecular flexibility index (Phi) is 25.5. The van der Waals surface area contributed by atoms with Crippen LogP contribution in [-0.2, 0) is 9.47 Å². The summed E-state index contributed by atoms with van der Waals surface area (Å²) >= 11 is 1.92. The van der Waals surface area contributed by atoms with Gasteiger partial charge < -0.3 is 9.47 Å². The molecule has 0 rings (SSSR count). The zero-order valence-corrected chi connectivity index (χ0v) is 14.9. The van der Waals surface area contributed by atoms with Gasteiger partial charge in [0.15, 0.2) is 0 Å². The number of methoxy groups -OCH3 is 2. The predicted molar refractivity (Wildman–Crippen MR) is 86.8 cm³/mol. The van der Waals surface area contributed by atoms with Gasteiger partial charge in [-0.05, 0) is 39.4 Å². The third-order valence-corrected chi connectivity index (χ3v) is 4.07. The summed E-state index contributed by atoms with van der Waals surface area (Å²) in [5.74, 6) is 0. The fourth-order valence-corrected chi connectivity index (χ4v) is 0.833. The minimum Gasteiger partial charge on any atom is -0.382 e. The van der Waals surface area contributed by atoms with Gasteiger partial charge in [-0.25, -0.2) is 0 Å². The van der Waals surface area contributed by atoms with Crippen molar-refractivity contribution in [1.82, 2.24) is 0 Å². The molecular formula is C15H36O2S. The molecule has 0 aromatic heterocycles. The summed E-state index contributed by atoms with van der Waals surface area (Å²) < 4.78 is 9.80. The second-order valence-corrected chi connectivity index (χ2v) is 5.64. The molecule has 114 valence electrons. The molecule has 0 amide bonds. The van der Waals surface area contributed by atoms with Crippen LogP contribution in [0.15, 0.2) is 0 Å². The van der Waals surface area contributed by atoms with E-state index in [9.17, 15) is 0 Å². The van der Waals surface area contributed by atoms with Crippen molar-refractivity contribution >= 4 is 11.8 Å². The lowest BCUT2D eigenvalue weighted by Crippen LogP contribution is -2.00. The van der Waals surface area contributed by atoms with Crippen molar-refractivity contribution in [2.75, 3.05) is 20.5 Å². The number of hydrogen-bond acceptors (Lipinski definition) is 3. The van der Waals surface area contributed by atoms with Crippen LogP contribution in [0.2, 0.25) is 0 Å². The van der Waals surface area contributed by atoms with Crippen molar-refractivity contribution in [3.8, 4) is 0 Å². The van der Waals surface area contributed by atoms with E-state index < -0.39 is 0 Å². The molecule has 0 N–H and O–H groups in total. The Hall–Kier alpha value is 0.270. The van der Waals surface area contributed by atoms with Crippen LogP contribution < -0.4 is 0 Å². The van der Waals surface area contributed by atoms with E-state index in [1.165, 1.54) is 6.42 Å². The van der Waals surface area contributed by atoms with Gasteiger partial charge in [-0.3, -0.25) is 0 Å². The van der Waals surface area contributed by atoms with Gasteiger partial charge in [0.05, 0.1) is 12.2 Å². The third-order valence-electron chi connectivity index (χ3n) is 2.93. The summed E-state index contributed by atoms with van der Waals surface area (Å²) in [6.45, 7) is 12.8. The summed E-state index contributed by atoms with van der Waals surface area (Å²) in [7, 11) is 3.46. The quantitative estimate of drug-likeness (QED) is 0.681. The van der Waals surface area contributed by atoms with Crippen molar-refractivity contribution in [1.29, 1.82) is 0 Å². The van der Waals surface area contributed by atoms with E-state index in [1.807, 2.05) is 11.8 Å². The van der Waals surface area contributed by atoms with Gasteiger partial charge >= 0.3 is 0 Å². The Morgan fingerprint density at radius 2 is 1.11 bits per heavy atom. The highest BCUT2D eigenvalue weighted by atomic mass is 32.2. The molecule has 3 heteroatoms. The molecule has 0 aliphatic carbocycles. The van der Waals surface area contributed by atoms with Crippen molar-refractivity contribution < 1.29 is 9.47 Å². The maximum atomic E-state index is 4.90. The minimum absolute atomic E-state index is 0.435. The van der Waals surface area contributed by atoms with Gasteiger partial charge in [-0.1, -0.05) is 27.7 Å².